The van der Waals surface area contributed by atoms with E-state index < -0.39 is 0 Å². The van der Waals surface area contributed by atoms with Crippen molar-refractivity contribution in [2.45, 2.75) is 26.7 Å². The molecule has 4 rings (SSSR count). The smallest absolute Gasteiger partial charge is 0.0900 e. The molecule has 4 aromatic rings. The van der Waals surface area contributed by atoms with Gasteiger partial charge in [0.25, 0.3) is 0 Å². The Kier molecular flexibility index (Phi) is 5.24. The standard InChI is InChI=1S/C25H23N3/c1-3-18-10-12-26-22(14-18)24-16-21(20-8-6-5-7-9-20)17-25(28-24)23-15-19(4-2)11-13-27-23/h5-17H,3-4H2,1-2H3. The van der Waals surface area contributed by atoms with Crippen molar-refractivity contribution < 1.29 is 0 Å². The highest BCUT2D eigenvalue weighted by molar-refractivity contribution is 5.74. The van der Waals surface area contributed by atoms with Crippen LogP contribution < -0.4 is 0 Å². The van der Waals surface area contributed by atoms with Crippen LogP contribution in [0.3, 0.4) is 0 Å². The van der Waals surface area contributed by atoms with Gasteiger partial charge in [0.15, 0.2) is 0 Å². The Morgan fingerprint density at radius 1 is 0.571 bits per heavy atom. The van der Waals surface area contributed by atoms with Crippen LogP contribution in [0.5, 0.6) is 0 Å². The Morgan fingerprint density at radius 3 is 1.61 bits per heavy atom. The second-order valence-corrected chi connectivity index (χ2v) is 6.80. The van der Waals surface area contributed by atoms with Crippen LogP contribution in [0, 0.1) is 0 Å². The van der Waals surface area contributed by atoms with Gasteiger partial charge in [-0.1, -0.05) is 44.2 Å². The van der Waals surface area contributed by atoms with Crippen LogP contribution >= 0.6 is 0 Å². The predicted octanol–water partition coefficient (Wildman–Crippen LogP) is 6.00. The molecule has 0 bridgehead atoms. The van der Waals surface area contributed by atoms with E-state index in [9.17, 15) is 0 Å². The van der Waals surface area contributed by atoms with E-state index in [-0.39, 0.29) is 0 Å². The Labute approximate surface area is 166 Å². The zero-order valence-corrected chi connectivity index (χ0v) is 16.3. The van der Waals surface area contributed by atoms with E-state index in [0.717, 1.165) is 46.7 Å². The highest BCUT2D eigenvalue weighted by Crippen LogP contribution is 2.29. The zero-order valence-electron chi connectivity index (χ0n) is 16.3. The van der Waals surface area contributed by atoms with Gasteiger partial charge < -0.3 is 0 Å². The quantitative estimate of drug-likeness (QED) is 0.435. The molecular formula is C25H23N3. The fourth-order valence-electron chi connectivity index (χ4n) is 3.26. The van der Waals surface area contributed by atoms with Crippen LogP contribution in [0.4, 0.5) is 0 Å². The fourth-order valence-corrected chi connectivity index (χ4v) is 3.26. The topological polar surface area (TPSA) is 38.7 Å². The van der Waals surface area contributed by atoms with Gasteiger partial charge in [-0.05, 0) is 71.5 Å². The summed E-state index contributed by atoms with van der Waals surface area (Å²) in [5.41, 5.74) is 8.31. The van der Waals surface area contributed by atoms with E-state index in [1.807, 2.05) is 18.5 Å². The Morgan fingerprint density at radius 2 is 1.11 bits per heavy atom. The van der Waals surface area contributed by atoms with Gasteiger partial charge in [0.1, 0.15) is 0 Å². The first-order valence-corrected chi connectivity index (χ1v) is 9.75. The van der Waals surface area contributed by atoms with Crippen LogP contribution in [0.25, 0.3) is 33.9 Å². The highest BCUT2D eigenvalue weighted by atomic mass is 14.8. The van der Waals surface area contributed by atoms with Crippen LogP contribution in [-0.2, 0) is 12.8 Å². The first-order chi connectivity index (χ1) is 13.8. The molecular weight excluding hydrogens is 342 g/mol. The second-order valence-electron chi connectivity index (χ2n) is 6.80. The monoisotopic (exact) mass is 365 g/mol. The first kappa shape index (κ1) is 18.1. The molecule has 0 N–H and O–H groups in total. The van der Waals surface area contributed by atoms with Crippen molar-refractivity contribution in [1.29, 1.82) is 0 Å². The minimum absolute atomic E-state index is 0.871. The summed E-state index contributed by atoms with van der Waals surface area (Å²) in [6, 6.07) is 23.0. The van der Waals surface area contributed by atoms with Crippen LogP contribution in [0.1, 0.15) is 25.0 Å². The summed E-state index contributed by atoms with van der Waals surface area (Å²) in [4.78, 5) is 14.1. The Bertz CT molecular complexity index is 1020. The molecule has 3 heterocycles. The number of hydrogen-bond donors (Lipinski definition) is 0. The highest BCUT2D eigenvalue weighted by Gasteiger charge is 2.11. The lowest BCUT2D eigenvalue weighted by molar-refractivity contribution is 1.11. The van der Waals surface area contributed by atoms with E-state index in [0.29, 0.717) is 0 Å². The van der Waals surface area contributed by atoms with Crippen molar-refractivity contribution in [2.24, 2.45) is 0 Å². The van der Waals surface area contributed by atoms with Gasteiger partial charge >= 0.3 is 0 Å². The summed E-state index contributed by atoms with van der Waals surface area (Å²) in [5.74, 6) is 0. The van der Waals surface area contributed by atoms with Crippen molar-refractivity contribution in [2.75, 3.05) is 0 Å². The van der Waals surface area contributed by atoms with Gasteiger partial charge in [-0.3, -0.25) is 9.97 Å². The summed E-state index contributed by atoms with van der Waals surface area (Å²) in [5, 5.41) is 0. The van der Waals surface area contributed by atoms with Gasteiger partial charge in [-0.15, -0.1) is 0 Å². The van der Waals surface area contributed by atoms with Crippen LogP contribution in [0.2, 0.25) is 0 Å². The number of rotatable bonds is 5. The largest absolute Gasteiger partial charge is 0.255 e. The molecule has 0 unspecified atom stereocenters. The van der Waals surface area contributed by atoms with E-state index in [4.69, 9.17) is 4.98 Å². The maximum absolute atomic E-state index is 4.93. The number of aryl methyl sites for hydroxylation is 2. The van der Waals surface area contributed by atoms with E-state index in [2.05, 4.69) is 84.5 Å². The number of hydrogen-bond acceptors (Lipinski definition) is 3. The average molecular weight is 365 g/mol. The number of pyridine rings is 3. The minimum atomic E-state index is 0.871. The lowest BCUT2D eigenvalue weighted by atomic mass is 10.0. The molecule has 0 radical (unpaired) electrons. The third-order valence-electron chi connectivity index (χ3n) is 4.92. The molecule has 0 aliphatic carbocycles. The zero-order chi connectivity index (χ0) is 19.3. The normalized spacial score (nSPS) is 10.8. The van der Waals surface area contributed by atoms with E-state index in [1.54, 1.807) is 0 Å². The summed E-state index contributed by atoms with van der Waals surface area (Å²) >= 11 is 0. The molecule has 0 aliphatic rings. The molecule has 0 aliphatic heterocycles. The summed E-state index contributed by atoms with van der Waals surface area (Å²) < 4.78 is 0. The Balaban J connectivity index is 1.90. The van der Waals surface area contributed by atoms with Crippen molar-refractivity contribution in [3.05, 3.63) is 90.3 Å². The minimum Gasteiger partial charge on any atom is -0.255 e. The molecule has 0 atom stereocenters. The SMILES string of the molecule is CCc1ccnc(-c2cc(-c3ccccc3)cc(-c3cc(CC)ccn3)n2)c1. The first-order valence-electron chi connectivity index (χ1n) is 9.75. The van der Waals surface area contributed by atoms with Crippen molar-refractivity contribution >= 4 is 0 Å². The molecule has 0 amide bonds. The fraction of sp³-hybridized carbons (Fsp3) is 0.160. The van der Waals surface area contributed by atoms with E-state index >= 15 is 0 Å². The van der Waals surface area contributed by atoms with Gasteiger partial charge in [-0.25, -0.2) is 4.98 Å². The van der Waals surface area contributed by atoms with Gasteiger partial charge in [-0.2, -0.15) is 0 Å². The summed E-state index contributed by atoms with van der Waals surface area (Å²) in [7, 11) is 0. The van der Waals surface area contributed by atoms with Gasteiger partial charge in [0.2, 0.25) is 0 Å². The number of nitrogens with zero attached hydrogens (tertiary/aromatic N) is 3. The maximum Gasteiger partial charge on any atom is 0.0900 e. The van der Waals surface area contributed by atoms with E-state index in [1.165, 1.54) is 11.1 Å². The van der Waals surface area contributed by atoms with Gasteiger partial charge in [0, 0.05) is 12.4 Å². The average Bonchev–Trinajstić information content (AvgIpc) is 2.79. The Hall–Kier alpha value is -3.33. The van der Waals surface area contributed by atoms with Crippen molar-refractivity contribution in [3.8, 4) is 33.9 Å². The van der Waals surface area contributed by atoms with Crippen molar-refractivity contribution in [3.63, 3.8) is 0 Å². The molecule has 0 saturated carbocycles. The second kappa shape index (κ2) is 8.13. The summed E-state index contributed by atoms with van der Waals surface area (Å²) in [6.07, 6.45) is 5.67. The molecule has 0 fully saturated rings. The van der Waals surface area contributed by atoms with Crippen molar-refractivity contribution in [1.82, 2.24) is 15.0 Å². The van der Waals surface area contributed by atoms with Gasteiger partial charge in [0.05, 0.1) is 22.8 Å². The third kappa shape index (κ3) is 3.84. The lowest BCUT2D eigenvalue weighted by Crippen LogP contribution is -1.96. The molecule has 0 saturated heterocycles. The number of benzene rings is 1. The molecule has 3 aromatic heterocycles. The summed E-state index contributed by atoms with van der Waals surface area (Å²) in [6.45, 7) is 4.30. The molecule has 28 heavy (non-hydrogen) atoms. The third-order valence-corrected chi connectivity index (χ3v) is 4.92. The maximum atomic E-state index is 4.93. The molecule has 3 nitrogen and oxygen atoms in total. The van der Waals surface area contributed by atoms with Crippen LogP contribution in [0.15, 0.2) is 79.1 Å². The van der Waals surface area contributed by atoms with Crippen LogP contribution in [-0.4, -0.2) is 15.0 Å². The molecule has 1 aromatic carbocycles. The molecule has 0 spiro atoms. The lowest BCUT2D eigenvalue weighted by Gasteiger charge is -2.10. The molecule has 3 heteroatoms. The molecule has 138 valence electrons. The number of aromatic nitrogens is 3. The predicted molar refractivity (Wildman–Crippen MR) is 115 cm³/mol.